The van der Waals surface area contributed by atoms with E-state index in [1.165, 1.54) is 24.0 Å². The van der Waals surface area contributed by atoms with Crippen molar-refractivity contribution in [3.05, 3.63) is 35.4 Å². The van der Waals surface area contributed by atoms with Gasteiger partial charge in [-0.25, -0.2) is 0 Å². The van der Waals surface area contributed by atoms with Crippen LogP contribution in [0, 0.1) is 0 Å². The minimum Gasteiger partial charge on any atom is -0.311 e. The smallest absolute Gasteiger partial charge is 0.0107 e. The van der Waals surface area contributed by atoms with Gasteiger partial charge in [0.15, 0.2) is 0 Å². The number of aryl methyl sites for hydroxylation is 1. The van der Waals surface area contributed by atoms with E-state index in [-0.39, 0.29) is 0 Å². The van der Waals surface area contributed by atoms with Gasteiger partial charge in [-0.2, -0.15) is 0 Å². The fraction of sp³-hybridized carbons (Fsp3) is 0.625. The Balaban J connectivity index is 2.73. The molecule has 0 aliphatic heterocycles. The Morgan fingerprint density at radius 3 is 2.41 bits per heavy atom. The fourth-order valence-electron chi connectivity index (χ4n) is 2.28. The molecule has 1 N–H and O–H groups in total. The normalized spacial score (nSPS) is 14.9. The third-order valence-corrected chi connectivity index (χ3v) is 3.36. The van der Waals surface area contributed by atoms with E-state index in [2.05, 4.69) is 64.2 Å². The van der Waals surface area contributed by atoms with Gasteiger partial charge in [0, 0.05) is 12.1 Å². The monoisotopic (exact) mass is 233 g/mol. The zero-order valence-corrected chi connectivity index (χ0v) is 12.0. The highest BCUT2D eigenvalue weighted by Crippen LogP contribution is 2.21. The molecule has 17 heavy (non-hydrogen) atoms. The third-order valence-electron chi connectivity index (χ3n) is 3.36. The molecule has 0 aliphatic rings. The summed E-state index contributed by atoms with van der Waals surface area (Å²) in [5.41, 5.74) is 2.92. The highest BCUT2D eigenvalue weighted by molar-refractivity contribution is 5.27. The fourth-order valence-corrected chi connectivity index (χ4v) is 2.28. The van der Waals surface area contributed by atoms with Gasteiger partial charge in [0.05, 0.1) is 0 Å². The summed E-state index contributed by atoms with van der Waals surface area (Å²) in [5.74, 6) is 0.564. The van der Waals surface area contributed by atoms with Crippen LogP contribution in [-0.2, 0) is 6.42 Å². The first-order chi connectivity index (χ1) is 8.04. The van der Waals surface area contributed by atoms with Gasteiger partial charge >= 0.3 is 0 Å². The highest BCUT2D eigenvalue weighted by Gasteiger charge is 2.14. The molecule has 0 heterocycles. The summed E-state index contributed by atoms with van der Waals surface area (Å²) in [5, 5.41) is 3.59. The van der Waals surface area contributed by atoms with Crippen molar-refractivity contribution in [1.29, 1.82) is 0 Å². The second kappa shape index (κ2) is 6.80. The van der Waals surface area contributed by atoms with E-state index < -0.39 is 0 Å². The van der Waals surface area contributed by atoms with Gasteiger partial charge in [-0.3, -0.25) is 0 Å². The van der Waals surface area contributed by atoms with Gasteiger partial charge in [-0.15, -0.1) is 0 Å². The zero-order chi connectivity index (χ0) is 12.8. The van der Waals surface area contributed by atoms with Crippen LogP contribution in [0.5, 0.6) is 0 Å². The predicted molar refractivity (Wildman–Crippen MR) is 76.6 cm³/mol. The van der Waals surface area contributed by atoms with Crippen LogP contribution in [0.2, 0.25) is 0 Å². The van der Waals surface area contributed by atoms with Crippen LogP contribution in [0.25, 0.3) is 0 Å². The predicted octanol–water partition coefficient (Wildman–Crippen LogP) is 4.13. The maximum atomic E-state index is 3.59. The lowest BCUT2D eigenvalue weighted by atomic mass is 9.92. The molecule has 0 amide bonds. The van der Waals surface area contributed by atoms with Gasteiger partial charge in [0.25, 0.3) is 0 Å². The second-order valence-corrected chi connectivity index (χ2v) is 5.39. The molecule has 0 radical (unpaired) electrons. The average molecular weight is 233 g/mol. The lowest BCUT2D eigenvalue weighted by Gasteiger charge is -2.24. The SMILES string of the molecule is CCCc1cccc(C(C)C(C)NC(C)C)c1. The molecule has 2 atom stereocenters. The number of hydrogen-bond acceptors (Lipinski definition) is 1. The summed E-state index contributed by atoms with van der Waals surface area (Å²) < 4.78 is 0. The van der Waals surface area contributed by atoms with Crippen molar-refractivity contribution in [2.24, 2.45) is 0 Å². The molecule has 0 bridgehead atoms. The molecule has 0 spiro atoms. The molecule has 1 aromatic rings. The third kappa shape index (κ3) is 4.51. The Bertz CT molecular complexity index is 330. The van der Waals surface area contributed by atoms with Crippen molar-refractivity contribution in [2.75, 3.05) is 0 Å². The van der Waals surface area contributed by atoms with Crippen LogP contribution >= 0.6 is 0 Å². The van der Waals surface area contributed by atoms with Crippen molar-refractivity contribution < 1.29 is 0 Å². The van der Waals surface area contributed by atoms with Crippen molar-refractivity contribution >= 4 is 0 Å². The lowest BCUT2D eigenvalue weighted by Crippen LogP contribution is -2.36. The topological polar surface area (TPSA) is 12.0 Å². The molecule has 1 heteroatoms. The van der Waals surface area contributed by atoms with Gasteiger partial charge in [0.2, 0.25) is 0 Å². The van der Waals surface area contributed by atoms with E-state index in [9.17, 15) is 0 Å². The van der Waals surface area contributed by atoms with Crippen LogP contribution in [0.4, 0.5) is 0 Å². The van der Waals surface area contributed by atoms with E-state index in [4.69, 9.17) is 0 Å². The minimum absolute atomic E-state index is 0.520. The summed E-state index contributed by atoms with van der Waals surface area (Å²) in [4.78, 5) is 0. The van der Waals surface area contributed by atoms with Crippen LogP contribution in [-0.4, -0.2) is 12.1 Å². The quantitative estimate of drug-likeness (QED) is 0.779. The molecule has 1 rings (SSSR count). The van der Waals surface area contributed by atoms with Crippen molar-refractivity contribution in [3.8, 4) is 0 Å². The van der Waals surface area contributed by atoms with Crippen molar-refractivity contribution in [1.82, 2.24) is 5.32 Å². The maximum Gasteiger partial charge on any atom is 0.0107 e. The van der Waals surface area contributed by atoms with E-state index >= 15 is 0 Å². The molecule has 0 aromatic heterocycles. The standard InChI is InChI=1S/C16H27N/c1-6-8-15-9-7-10-16(11-15)13(4)14(5)17-12(2)3/h7,9-14,17H,6,8H2,1-5H3. The Hall–Kier alpha value is -0.820. The van der Waals surface area contributed by atoms with Crippen molar-refractivity contribution in [2.45, 2.75) is 65.5 Å². The van der Waals surface area contributed by atoms with E-state index in [1.54, 1.807) is 0 Å². The summed E-state index contributed by atoms with van der Waals surface area (Å²) in [6.07, 6.45) is 2.41. The lowest BCUT2D eigenvalue weighted by molar-refractivity contribution is 0.439. The molecule has 0 fully saturated rings. The molecular weight excluding hydrogens is 206 g/mol. The molecule has 0 saturated carbocycles. The average Bonchev–Trinajstić information content (AvgIpc) is 2.28. The van der Waals surface area contributed by atoms with Gasteiger partial charge in [-0.1, -0.05) is 58.4 Å². The zero-order valence-electron chi connectivity index (χ0n) is 12.0. The van der Waals surface area contributed by atoms with Crippen LogP contribution < -0.4 is 5.32 Å². The van der Waals surface area contributed by atoms with Gasteiger partial charge < -0.3 is 5.32 Å². The molecular formula is C16H27N. The molecule has 96 valence electrons. The number of nitrogens with one attached hydrogen (secondary N) is 1. The molecule has 0 aliphatic carbocycles. The Morgan fingerprint density at radius 1 is 1.12 bits per heavy atom. The number of rotatable bonds is 6. The Labute approximate surface area is 107 Å². The minimum atomic E-state index is 0.520. The van der Waals surface area contributed by atoms with Gasteiger partial charge in [-0.05, 0) is 30.4 Å². The molecule has 2 unspecified atom stereocenters. The summed E-state index contributed by atoms with van der Waals surface area (Å²) in [7, 11) is 0. The first-order valence-electron chi connectivity index (χ1n) is 6.89. The molecule has 1 nitrogen and oxygen atoms in total. The first kappa shape index (κ1) is 14.2. The van der Waals surface area contributed by atoms with Crippen LogP contribution in [0.15, 0.2) is 24.3 Å². The summed E-state index contributed by atoms with van der Waals surface area (Å²) in [6, 6.07) is 10.1. The van der Waals surface area contributed by atoms with Gasteiger partial charge in [0.1, 0.15) is 0 Å². The Kier molecular flexibility index (Phi) is 5.70. The van der Waals surface area contributed by atoms with Crippen molar-refractivity contribution in [3.63, 3.8) is 0 Å². The molecule has 1 aromatic carbocycles. The largest absolute Gasteiger partial charge is 0.311 e. The maximum absolute atomic E-state index is 3.59. The first-order valence-corrected chi connectivity index (χ1v) is 6.89. The summed E-state index contributed by atoms with van der Waals surface area (Å²) in [6.45, 7) is 11.2. The van der Waals surface area contributed by atoms with Crippen LogP contribution in [0.1, 0.15) is 58.1 Å². The highest BCUT2D eigenvalue weighted by atomic mass is 14.9. The molecule has 0 saturated heterocycles. The second-order valence-electron chi connectivity index (χ2n) is 5.39. The van der Waals surface area contributed by atoms with E-state index in [0.29, 0.717) is 18.0 Å². The summed E-state index contributed by atoms with van der Waals surface area (Å²) >= 11 is 0. The Morgan fingerprint density at radius 2 is 1.82 bits per heavy atom. The van der Waals surface area contributed by atoms with Crippen LogP contribution in [0.3, 0.4) is 0 Å². The van der Waals surface area contributed by atoms with E-state index in [1.807, 2.05) is 0 Å². The number of benzene rings is 1. The van der Waals surface area contributed by atoms with E-state index in [0.717, 1.165) is 0 Å². The number of hydrogen-bond donors (Lipinski definition) is 1.